The van der Waals surface area contributed by atoms with Gasteiger partial charge >= 0.3 is 0 Å². The molecular weight excluding hydrogens is 386 g/mol. The van der Waals surface area contributed by atoms with Crippen molar-refractivity contribution in [2.75, 3.05) is 13.1 Å². The number of Topliss-reactive ketones (excluding diaryl/α,β-unsaturated/α-hetero) is 1. The highest BCUT2D eigenvalue weighted by atomic mass is 16.5. The van der Waals surface area contributed by atoms with Gasteiger partial charge in [0.25, 0.3) is 0 Å². The Hall–Kier alpha value is -1.75. The fraction of sp³-hybridized carbons (Fsp3) is 0.731. The summed E-state index contributed by atoms with van der Waals surface area (Å²) < 4.78 is 6.52. The van der Waals surface area contributed by atoms with Crippen LogP contribution in [0.1, 0.15) is 89.8 Å². The quantitative estimate of drug-likeness (QED) is 0.683. The molecule has 5 heteroatoms. The van der Waals surface area contributed by atoms with Crippen LogP contribution in [0.2, 0.25) is 0 Å². The summed E-state index contributed by atoms with van der Waals surface area (Å²) in [7, 11) is 0. The molecule has 2 fully saturated rings. The second-order valence-corrected chi connectivity index (χ2v) is 11.1. The lowest BCUT2D eigenvalue weighted by Gasteiger charge is -2.43. The Morgan fingerprint density at radius 2 is 1.84 bits per heavy atom. The van der Waals surface area contributed by atoms with Crippen LogP contribution in [0.25, 0.3) is 5.57 Å². The standard InChI is InChI=1S/C26H37N3O2/c1-17(30)18-4-5-19-15-23-24(22(19)14-18)25(28-16-27-23)31-21-8-6-20(7-9-21)29-12-10-26(2,3)11-13-29/h16,18,20-21H,4-15H2,1-3H3/t18-,20-,21-/m0/s1. The molecule has 31 heavy (non-hydrogen) atoms. The first kappa shape index (κ1) is 21.1. The topological polar surface area (TPSA) is 55.3 Å². The molecule has 0 amide bonds. The molecule has 2 heterocycles. The van der Waals surface area contributed by atoms with Gasteiger partial charge in [-0.1, -0.05) is 19.4 Å². The lowest BCUT2D eigenvalue weighted by molar-refractivity contribution is -0.120. The fourth-order valence-electron chi connectivity index (χ4n) is 6.13. The van der Waals surface area contributed by atoms with E-state index in [2.05, 4.69) is 28.7 Å². The second kappa shape index (κ2) is 8.31. The van der Waals surface area contributed by atoms with Crippen LogP contribution in [0.15, 0.2) is 11.9 Å². The molecular formula is C26H37N3O2. The van der Waals surface area contributed by atoms with E-state index >= 15 is 0 Å². The van der Waals surface area contributed by atoms with E-state index in [0.717, 1.165) is 61.7 Å². The van der Waals surface area contributed by atoms with E-state index in [4.69, 9.17) is 4.74 Å². The number of allylic oxidation sites excluding steroid dienone is 2. The molecule has 1 aliphatic heterocycles. The van der Waals surface area contributed by atoms with Gasteiger partial charge in [-0.05, 0) is 88.8 Å². The normalized spacial score (nSPS) is 30.6. The number of ether oxygens (including phenoxy) is 1. The molecule has 5 rings (SSSR count). The van der Waals surface area contributed by atoms with Gasteiger partial charge in [-0.2, -0.15) is 0 Å². The van der Waals surface area contributed by atoms with Crippen molar-refractivity contribution in [3.63, 3.8) is 0 Å². The molecule has 0 unspecified atom stereocenters. The van der Waals surface area contributed by atoms with E-state index in [9.17, 15) is 4.79 Å². The number of carbonyl (C=O) groups excluding carboxylic acids is 1. The van der Waals surface area contributed by atoms with E-state index in [1.807, 2.05) is 0 Å². The fourth-order valence-corrected chi connectivity index (χ4v) is 6.13. The number of piperidine rings is 1. The average molecular weight is 424 g/mol. The van der Waals surface area contributed by atoms with Gasteiger partial charge in [-0.25, -0.2) is 9.97 Å². The minimum atomic E-state index is 0.141. The van der Waals surface area contributed by atoms with E-state index in [1.54, 1.807) is 13.3 Å². The highest BCUT2D eigenvalue weighted by Crippen LogP contribution is 2.46. The predicted molar refractivity (Wildman–Crippen MR) is 122 cm³/mol. The van der Waals surface area contributed by atoms with Crippen molar-refractivity contribution in [2.24, 2.45) is 11.3 Å². The van der Waals surface area contributed by atoms with Crippen LogP contribution in [-0.2, 0) is 11.2 Å². The number of ketones is 1. The zero-order chi connectivity index (χ0) is 21.6. The zero-order valence-electron chi connectivity index (χ0n) is 19.5. The van der Waals surface area contributed by atoms with E-state index < -0.39 is 0 Å². The molecule has 4 aliphatic rings. The number of hydrogen-bond acceptors (Lipinski definition) is 5. The molecule has 0 N–H and O–H groups in total. The lowest BCUT2D eigenvalue weighted by atomic mass is 9.81. The Morgan fingerprint density at radius 1 is 1.10 bits per heavy atom. The van der Waals surface area contributed by atoms with Gasteiger partial charge in [0.2, 0.25) is 5.88 Å². The Balaban J connectivity index is 1.23. The number of rotatable bonds is 4. The third-order valence-corrected chi connectivity index (χ3v) is 8.41. The monoisotopic (exact) mass is 423 g/mol. The van der Waals surface area contributed by atoms with Crippen molar-refractivity contribution in [3.8, 4) is 5.88 Å². The van der Waals surface area contributed by atoms with Crippen LogP contribution in [0.4, 0.5) is 0 Å². The molecule has 0 radical (unpaired) electrons. The summed E-state index contributed by atoms with van der Waals surface area (Å²) in [4.78, 5) is 23.9. The summed E-state index contributed by atoms with van der Waals surface area (Å²) in [6.07, 6.45) is 12.9. The molecule has 1 saturated heterocycles. The zero-order valence-corrected chi connectivity index (χ0v) is 19.5. The van der Waals surface area contributed by atoms with Crippen molar-refractivity contribution in [2.45, 2.75) is 97.1 Å². The molecule has 1 saturated carbocycles. The van der Waals surface area contributed by atoms with Crippen molar-refractivity contribution in [1.82, 2.24) is 14.9 Å². The third kappa shape index (κ3) is 4.30. The van der Waals surface area contributed by atoms with Gasteiger partial charge < -0.3 is 9.64 Å². The number of nitrogens with zero attached hydrogens (tertiary/aromatic N) is 3. The Morgan fingerprint density at radius 3 is 2.55 bits per heavy atom. The Bertz CT molecular complexity index is 873. The maximum Gasteiger partial charge on any atom is 0.224 e. The molecule has 0 bridgehead atoms. The van der Waals surface area contributed by atoms with Crippen molar-refractivity contribution >= 4 is 11.4 Å². The van der Waals surface area contributed by atoms with E-state index in [1.165, 1.54) is 49.9 Å². The number of likely N-dealkylation sites (tertiary alicyclic amines) is 1. The second-order valence-electron chi connectivity index (χ2n) is 11.1. The van der Waals surface area contributed by atoms with Gasteiger partial charge in [0.05, 0.1) is 11.3 Å². The van der Waals surface area contributed by atoms with Gasteiger partial charge in [0, 0.05) is 18.4 Å². The molecule has 1 aromatic heterocycles. The first-order valence-corrected chi connectivity index (χ1v) is 12.4. The Labute approximate surface area is 186 Å². The van der Waals surface area contributed by atoms with E-state index in [-0.39, 0.29) is 12.0 Å². The van der Waals surface area contributed by atoms with E-state index in [0.29, 0.717) is 11.2 Å². The van der Waals surface area contributed by atoms with Crippen LogP contribution < -0.4 is 4.74 Å². The van der Waals surface area contributed by atoms with Crippen molar-refractivity contribution in [3.05, 3.63) is 23.2 Å². The third-order valence-electron chi connectivity index (χ3n) is 8.41. The number of fused-ring (bicyclic) bond motifs is 2. The maximum atomic E-state index is 12.0. The first-order valence-electron chi connectivity index (χ1n) is 12.4. The van der Waals surface area contributed by atoms with Crippen LogP contribution in [0.3, 0.4) is 0 Å². The smallest absolute Gasteiger partial charge is 0.224 e. The molecule has 1 atom stereocenters. The largest absolute Gasteiger partial charge is 0.474 e. The predicted octanol–water partition coefficient (Wildman–Crippen LogP) is 4.99. The first-order chi connectivity index (χ1) is 14.9. The summed E-state index contributed by atoms with van der Waals surface area (Å²) in [5.74, 6) is 1.21. The van der Waals surface area contributed by atoms with Gasteiger partial charge in [-0.3, -0.25) is 4.79 Å². The molecule has 0 spiro atoms. The molecule has 168 valence electrons. The highest BCUT2D eigenvalue weighted by molar-refractivity contribution is 5.85. The van der Waals surface area contributed by atoms with Crippen LogP contribution in [0.5, 0.6) is 5.88 Å². The lowest BCUT2D eigenvalue weighted by Crippen LogP contribution is -2.46. The average Bonchev–Trinajstić information content (AvgIpc) is 3.13. The highest BCUT2D eigenvalue weighted by Gasteiger charge is 2.35. The molecule has 1 aromatic rings. The molecule has 0 aromatic carbocycles. The summed E-state index contributed by atoms with van der Waals surface area (Å²) in [6.45, 7) is 9.03. The number of aromatic nitrogens is 2. The van der Waals surface area contributed by atoms with Crippen LogP contribution in [-0.4, -0.2) is 45.9 Å². The summed E-state index contributed by atoms with van der Waals surface area (Å²) in [6, 6.07) is 0.719. The SMILES string of the molecule is CC(=O)[C@H]1CCC2=C(C1)c1c(ncnc1O[C@H]1CC[C@H](N3CCC(C)(C)CC3)CC1)C2. The number of carbonyl (C=O) groups is 1. The maximum absolute atomic E-state index is 12.0. The van der Waals surface area contributed by atoms with Gasteiger partial charge in [-0.15, -0.1) is 0 Å². The summed E-state index contributed by atoms with van der Waals surface area (Å²) in [5, 5.41) is 0. The molecule has 5 nitrogen and oxygen atoms in total. The van der Waals surface area contributed by atoms with Gasteiger partial charge in [0.15, 0.2) is 0 Å². The van der Waals surface area contributed by atoms with Crippen LogP contribution >= 0.6 is 0 Å². The van der Waals surface area contributed by atoms with Gasteiger partial charge in [0.1, 0.15) is 18.2 Å². The summed E-state index contributed by atoms with van der Waals surface area (Å²) in [5.41, 5.74) is 5.49. The van der Waals surface area contributed by atoms with Crippen molar-refractivity contribution < 1.29 is 9.53 Å². The minimum absolute atomic E-state index is 0.141. The minimum Gasteiger partial charge on any atom is -0.474 e. The van der Waals surface area contributed by atoms with Crippen LogP contribution in [0, 0.1) is 11.3 Å². The van der Waals surface area contributed by atoms with Crippen molar-refractivity contribution in [1.29, 1.82) is 0 Å². The summed E-state index contributed by atoms with van der Waals surface area (Å²) >= 11 is 0. The molecule has 3 aliphatic carbocycles. The number of hydrogen-bond donors (Lipinski definition) is 0. The Kier molecular flexibility index (Phi) is 5.66.